The van der Waals surface area contributed by atoms with Crippen LogP contribution in [0.3, 0.4) is 0 Å². The van der Waals surface area contributed by atoms with E-state index in [4.69, 9.17) is 14.2 Å². The van der Waals surface area contributed by atoms with E-state index in [2.05, 4.69) is 15.8 Å². The molecule has 0 unspecified atom stereocenters. The van der Waals surface area contributed by atoms with Crippen molar-refractivity contribution in [3.05, 3.63) is 109 Å². The first-order chi connectivity index (χ1) is 20.8. The Labute approximate surface area is 249 Å². The number of amides is 2. The topological polar surface area (TPSA) is 136 Å². The predicted molar refractivity (Wildman–Crippen MR) is 163 cm³/mol. The van der Waals surface area contributed by atoms with E-state index in [0.29, 0.717) is 28.5 Å². The highest BCUT2D eigenvalue weighted by Gasteiger charge is 2.27. The first kappa shape index (κ1) is 30.6. The van der Waals surface area contributed by atoms with Crippen LogP contribution in [0.2, 0.25) is 0 Å². The Morgan fingerprint density at radius 1 is 0.791 bits per heavy atom. The molecule has 2 N–H and O–H groups in total. The number of hydrogen-bond donors (Lipinski definition) is 2. The van der Waals surface area contributed by atoms with Gasteiger partial charge < -0.3 is 19.5 Å². The van der Waals surface area contributed by atoms with E-state index >= 15 is 0 Å². The maximum atomic E-state index is 13.4. The third-order valence-electron chi connectivity index (χ3n) is 6.01. The molecule has 0 fully saturated rings. The largest absolute Gasteiger partial charge is 0.497 e. The van der Waals surface area contributed by atoms with Gasteiger partial charge in [-0.05, 0) is 78.4 Å². The van der Waals surface area contributed by atoms with Gasteiger partial charge >= 0.3 is 0 Å². The first-order valence-electron chi connectivity index (χ1n) is 13.0. The van der Waals surface area contributed by atoms with Gasteiger partial charge in [0.15, 0.2) is 6.61 Å². The molecule has 0 saturated heterocycles. The number of carbonyl (C=O) groups excluding carboxylic acids is 2. The molecule has 0 spiro atoms. The molecule has 0 aliphatic rings. The number of nitrogens with one attached hydrogen (secondary N) is 2. The molecule has 0 saturated carbocycles. The lowest BCUT2D eigenvalue weighted by Gasteiger charge is -2.23. The van der Waals surface area contributed by atoms with Crippen LogP contribution < -0.4 is 29.3 Å². The van der Waals surface area contributed by atoms with Gasteiger partial charge in [-0.15, -0.1) is 0 Å². The fraction of sp³-hybridized carbons (Fsp3) is 0.129. The Morgan fingerprint density at radius 2 is 1.44 bits per heavy atom. The summed E-state index contributed by atoms with van der Waals surface area (Å²) in [5, 5.41) is 6.69. The molecule has 2 amide bonds. The van der Waals surface area contributed by atoms with Crippen LogP contribution in [0.1, 0.15) is 5.56 Å². The first-order valence-corrected chi connectivity index (χ1v) is 14.4. The molecular formula is C31H30N4O7S. The molecule has 222 valence electrons. The van der Waals surface area contributed by atoms with Crippen molar-refractivity contribution in [2.45, 2.75) is 4.90 Å². The standard InChI is InChI=1S/C31H30N4O7S/c1-40-25-18-14-24(15-19-25)35(43(38,39)27-8-4-3-5-9-27)21-30(36)34-32-20-23-12-16-26(17-13-23)42-22-31(37)33-28-10-6-7-11-29(28)41-2/h3-20H,21-22H2,1-2H3,(H,33,37)(H,34,36)/b32-20-. The number of sulfonamides is 1. The molecule has 4 aromatic carbocycles. The summed E-state index contributed by atoms with van der Waals surface area (Å²) >= 11 is 0. The number of methoxy groups -OCH3 is 2. The van der Waals surface area contributed by atoms with Gasteiger partial charge in [-0.1, -0.05) is 30.3 Å². The van der Waals surface area contributed by atoms with E-state index in [0.717, 1.165) is 4.31 Å². The van der Waals surface area contributed by atoms with Crippen molar-refractivity contribution in [2.24, 2.45) is 5.10 Å². The van der Waals surface area contributed by atoms with E-state index in [9.17, 15) is 18.0 Å². The summed E-state index contributed by atoms with van der Waals surface area (Å²) in [4.78, 5) is 25.1. The second-order valence-electron chi connectivity index (χ2n) is 8.92. The number of benzene rings is 4. The number of nitrogens with zero attached hydrogens (tertiary/aromatic N) is 2. The molecule has 0 bridgehead atoms. The van der Waals surface area contributed by atoms with Crippen molar-refractivity contribution in [3.63, 3.8) is 0 Å². The van der Waals surface area contributed by atoms with Gasteiger partial charge in [-0.2, -0.15) is 5.10 Å². The van der Waals surface area contributed by atoms with Crippen molar-refractivity contribution in [1.82, 2.24) is 5.43 Å². The van der Waals surface area contributed by atoms with Gasteiger partial charge in [-0.25, -0.2) is 13.8 Å². The number of anilines is 2. The second kappa shape index (κ2) is 14.5. The number of para-hydroxylation sites is 2. The van der Waals surface area contributed by atoms with Crippen molar-refractivity contribution in [1.29, 1.82) is 0 Å². The maximum absolute atomic E-state index is 13.4. The SMILES string of the molecule is COc1ccc(N(CC(=O)N/N=C\c2ccc(OCC(=O)Nc3ccccc3OC)cc2)S(=O)(=O)c2ccccc2)cc1. The molecule has 0 aliphatic heterocycles. The minimum absolute atomic E-state index is 0.0432. The number of hydrazone groups is 1. The predicted octanol–water partition coefficient (Wildman–Crippen LogP) is 4.07. The lowest BCUT2D eigenvalue weighted by Crippen LogP contribution is -2.39. The van der Waals surface area contributed by atoms with Crippen molar-refractivity contribution in [3.8, 4) is 17.2 Å². The van der Waals surface area contributed by atoms with Crippen molar-refractivity contribution < 1.29 is 32.2 Å². The van der Waals surface area contributed by atoms with E-state index in [1.54, 1.807) is 91.0 Å². The third kappa shape index (κ3) is 8.33. The summed E-state index contributed by atoms with van der Waals surface area (Å²) < 4.78 is 43.7. The molecule has 0 radical (unpaired) electrons. The van der Waals surface area contributed by atoms with Crippen LogP contribution in [0.5, 0.6) is 17.2 Å². The van der Waals surface area contributed by atoms with E-state index in [1.165, 1.54) is 32.6 Å². The van der Waals surface area contributed by atoms with Crippen LogP contribution in [0, 0.1) is 0 Å². The number of carbonyl (C=O) groups is 2. The Morgan fingerprint density at radius 3 is 2.12 bits per heavy atom. The molecule has 11 nitrogen and oxygen atoms in total. The summed E-state index contributed by atoms with van der Waals surface area (Å²) in [7, 11) is -1.03. The van der Waals surface area contributed by atoms with Gasteiger partial charge in [0.25, 0.3) is 21.8 Å². The van der Waals surface area contributed by atoms with Crippen LogP contribution in [0.4, 0.5) is 11.4 Å². The minimum Gasteiger partial charge on any atom is -0.497 e. The van der Waals surface area contributed by atoms with Crippen LogP contribution in [-0.4, -0.2) is 53.8 Å². The third-order valence-corrected chi connectivity index (χ3v) is 7.80. The smallest absolute Gasteiger partial charge is 0.264 e. The van der Waals surface area contributed by atoms with Gasteiger partial charge in [0.2, 0.25) is 0 Å². The quantitative estimate of drug-likeness (QED) is 0.174. The van der Waals surface area contributed by atoms with Crippen LogP contribution in [0.15, 0.2) is 113 Å². The Bertz CT molecular complexity index is 1660. The van der Waals surface area contributed by atoms with Crippen molar-refractivity contribution in [2.75, 3.05) is 37.0 Å². The zero-order valence-electron chi connectivity index (χ0n) is 23.5. The Kier molecular flexibility index (Phi) is 10.3. The summed E-state index contributed by atoms with van der Waals surface area (Å²) in [6.45, 7) is -0.720. The summed E-state index contributed by atoms with van der Waals surface area (Å²) in [5.41, 5.74) is 3.83. The van der Waals surface area contributed by atoms with Crippen molar-refractivity contribution >= 4 is 39.4 Å². The molecule has 4 rings (SSSR count). The normalized spacial score (nSPS) is 11.0. The van der Waals surface area contributed by atoms with Gasteiger partial charge in [0, 0.05) is 0 Å². The highest BCUT2D eigenvalue weighted by Crippen LogP contribution is 2.26. The zero-order valence-corrected chi connectivity index (χ0v) is 24.3. The number of rotatable bonds is 13. The molecule has 0 atom stereocenters. The van der Waals surface area contributed by atoms with E-state index < -0.39 is 22.5 Å². The highest BCUT2D eigenvalue weighted by atomic mass is 32.2. The lowest BCUT2D eigenvalue weighted by molar-refractivity contribution is -0.119. The summed E-state index contributed by atoms with van der Waals surface area (Å²) in [5.74, 6) is 0.543. The molecule has 0 aliphatic carbocycles. The van der Waals surface area contributed by atoms with Gasteiger partial charge in [0.1, 0.15) is 23.8 Å². The lowest BCUT2D eigenvalue weighted by atomic mass is 10.2. The van der Waals surface area contributed by atoms with Gasteiger partial charge in [0.05, 0.1) is 36.7 Å². The molecular weight excluding hydrogens is 572 g/mol. The Hall–Kier alpha value is -5.36. The molecule has 0 aromatic heterocycles. The average molecular weight is 603 g/mol. The molecule has 12 heteroatoms. The fourth-order valence-electron chi connectivity index (χ4n) is 3.86. The highest BCUT2D eigenvalue weighted by molar-refractivity contribution is 7.92. The second-order valence-corrected chi connectivity index (χ2v) is 10.8. The monoisotopic (exact) mass is 602 g/mol. The van der Waals surface area contributed by atoms with Crippen LogP contribution >= 0.6 is 0 Å². The maximum Gasteiger partial charge on any atom is 0.264 e. The average Bonchev–Trinajstić information content (AvgIpc) is 3.04. The summed E-state index contributed by atoms with van der Waals surface area (Å²) in [6.07, 6.45) is 1.40. The fourth-order valence-corrected chi connectivity index (χ4v) is 5.30. The number of ether oxygens (including phenoxy) is 3. The zero-order chi connectivity index (χ0) is 30.7. The van der Waals surface area contributed by atoms with Gasteiger partial charge in [-0.3, -0.25) is 13.9 Å². The van der Waals surface area contributed by atoms with Crippen LogP contribution in [0.25, 0.3) is 0 Å². The van der Waals surface area contributed by atoms with E-state index in [1.807, 2.05) is 0 Å². The van der Waals surface area contributed by atoms with Crippen LogP contribution in [-0.2, 0) is 19.6 Å². The Balaban J connectivity index is 1.34. The molecule has 0 heterocycles. The molecule has 4 aromatic rings. The molecule has 43 heavy (non-hydrogen) atoms. The minimum atomic E-state index is -4.05. The summed E-state index contributed by atoms with van der Waals surface area (Å²) in [6, 6.07) is 27.9. The van der Waals surface area contributed by atoms with E-state index in [-0.39, 0.29) is 23.1 Å². The number of hydrogen-bond acceptors (Lipinski definition) is 8.